The third-order valence-corrected chi connectivity index (χ3v) is 5.13. The van der Waals surface area contributed by atoms with Crippen molar-refractivity contribution in [1.29, 1.82) is 0 Å². The molecule has 0 aromatic carbocycles. The SMILES string of the molecule is COCCc1nccc(C[C@@H]2[C@@H](CO)[C@H](O)C[C@H]2NCCC(C)C)n1. The normalized spacial score (nSPS) is 26.5. The van der Waals surface area contributed by atoms with Crippen LogP contribution >= 0.6 is 0 Å². The Morgan fingerprint density at radius 3 is 2.84 bits per heavy atom. The lowest BCUT2D eigenvalue weighted by Crippen LogP contribution is -2.37. The average molecular weight is 351 g/mol. The van der Waals surface area contributed by atoms with Crippen LogP contribution < -0.4 is 5.32 Å². The van der Waals surface area contributed by atoms with E-state index in [0.717, 1.165) is 30.9 Å². The molecule has 1 aromatic heterocycles. The molecule has 0 unspecified atom stereocenters. The van der Waals surface area contributed by atoms with E-state index in [9.17, 15) is 10.2 Å². The minimum atomic E-state index is -0.457. The van der Waals surface area contributed by atoms with Crippen molar-refractivity contribution in [3.05, 3.63) is 23.8 Å². The highest BCUT2D eigenvalue weighted by atomic mass is 16.5. The Hall–Kier alpha value is -1.08. The fraction of sp³-hybridized carbons (Fsp3) is 0.789. The maximum absolute atomic E-state index is 10.3. The van der Waals surface area contributed by atoms with Crippen LogP contribution in [0.25, 0.3) is 0 Å². The number of aromatic nitrogens is 2. The molecule has 0 spiro atoms. The summed E-state index contributed by atoms with van der Waals surface area (Å²) in [5, 5.41) is 23.7. The van der Waals surface area contributed by atoms with E-state index in [1.807, 2.05) is 6.07 Å². The minimum absolute atomic E-state index is 0.00973. The molecule has 4 atom stereocenters. The van der Waals surface area contributed by atoms with E-state index in [-0.39, 0.29) is 24.5 Å². The summed E-state index contributed by atoms with van der Waals surface area (Å²) < 4.78 is 5.09. The summed E-state index contributed by atoms with van der Waals surface area (Å²) in [6.07, 6.45) is 4.56. The number of aliphatic hydroxyl groups is 2. The van der Waals surface area contributed by atoms with Crippen LogP contribution in [0.2, 0.25) is 0 Å². The number of rotatable bonds is 10. The highest BCUT2D eigenvalue weighted by Crippen LogP contribution is 2.34. The van der Waals surface area contributed by atoms with Crippen LogP contribution in [0.5, 0.6) is 0 Å². The fourth-order valence-electron chi connectivity index (χ4n) is 3.65. The summed E-state index contributed by atoms with van der Waals surface area (Å²) in [6, 6.07) is 2.14. The first-order valence-corrected chi connectivity index (χ1v) is 9.37. The van der Waals surface area contributed by atoms with Gasteiger partial charge in [0, 0.05) is 44.0 Å². The maximum atomic E-state index is 10.3. The number of hydrogen-bond acceptors (Lipinski definition) is 6. The zero-order valence-electron chi connectivity index (χ0n) is 15.7. The van der Waals surface area contributed by atoms with Crippen LogP contribution in [-0.2, 0) is 17.6 Å². The molecule has 0 amide bonds. The summed E-state index contributed by atoms with van der Waals surface area (Å²) >= 11 is 0. The standard InChI is InChI=1S/C19H33N3O3/c1-13(2)4-7-20-17-11-18(24)16(12-23)15(17)10-14-5-8-21-19(22-14)6-9-25-3/h5,8,13,15-18,20,23-24H,4,6-7,9-12H2,1-3H3/t15-,16-,17-,18-/m1/s1. The lowest BCUT2D eigenvalue weighted by atomic mass is 9.88. The molecule has 25 heavy (non-hydrogen) atoms. The number of nitrogens with one attached hydrogen (secondary N) is 1. The molecule has 1 fully saturated rings. The van der Waals surface area contributed by atoms with Crippen molar-refractivity contribution in [3.8, 4) is 0 Å². The third kappa shape index (κ3) is 5.99. The molecular weight excluding hydrogens is 318 g/mol. The number of methoxy groups -OCH3 is 1. The van der Waals surface area contributed by atoms with Gasteiger partial charge in [0.05, 0.1) is 12.7 Å². The molecule has 0 saturated heterocycles. The van der Waals surface area contributed by atoms with Gasteiger partial charge in [-0.2, -0.15) is 0 Å². The Morgan fingerprint density at radius 1 is 1.36 bits per heavy atom. The van der Waals surface area contributed by atoms with Gasteiger partial charge in [-0.3, -0.25) is 0 Å². The van der Waals surface area contributed by atoms with E-state index in [2.05, 4.69) is 29.1 Å². The molecule has 1 aromatic rings. The molecule has 1 saturated carbocycles. The molecule has 0 aliphatic heterocycles. The van der Waals surface area contributed by atoms with Crippen molar-refractivity contribution in [3.63, 3.8) is 0 Å². The van der Waals surface area contributed by atoms with Crippen LogP contribution in [0.3, 0.4) is 0 Å². The number of aliphatic hydroxyl groups excluding tert-OH is 2. The van der Waals surface area contributed by atoms with Crippen molar-refractivity contribution < 1.29 is 14.9 Å². The second-order valence-corrected chi connectivity index (χ2v) is 7.47. The Bertz CT molecular complexity index is 512. The first kappa shape index (κ1) is 20.2. The van der Waals surface area contributed by atoms with Gasteiger partial charge in [-0.1, -0.05) is 13.8 Å². The molecule has 3 N–H and O–H groups in total. The highest BCUT2D eigenvalue weighted by molar-refractivity contribution is 5.08. The molecule has 0 bridgehead atoms. The van der Waals surface area contributed by atoms with Gasteiger partial charge in [-0.05, 0) is 43.7 Å². The van der Waals surface area contributed by atoms with Crippen molar-refractivity contribution in [2.75, 3.05) is 26.9 Å². The lowest BCUT2D eigenvalue weighted by Gasteiger charge is -2.25. The monoisotopic (exact) mass is 351 g/mol. The predicted octanol–water partition coefficient (Wildman–Crippen LogP) is 1.20. The van der Waals surface area contributed by atoms with Gasteiger partial charge in [0.25, 0.3) is 0 Å². The first-order chi connectivity index (χ1) is 12.0. The van der Waals surface area contributed by atoms with Crippen molar-refractivity contribution in [2.45, 2.75) is 51.7 Å². The minimum Gasteiger partial charge on any atom is -0.396 e. The summed E-state index contributed by atoms with van der Waals surface area (Å²) in [5.74, 6) is 1.50. The zero-order chi connectivity index (χ0) is 18.2. The Labute approximate surface area is 151 Å². The molecule has 6 heteroatoms. The van der Waals surface area contributed by atoms with E-state index >= 15 is 0 Å². The third-order valence-electron chi connectivity index (χ3n) is 5.13. The summed E-state index contributed by atoms with van der Waals surface area (Å²) in [5.41, 5.74) is 0.967. The molecule has 1 aliphatic rings. The predicted molar refractivity (Wildman–Crippen MR) is 97.3 cm³/mol. The summed E-state index contributed by atoms with van der Waals surface area (Å²) in [6.45, 7) is 5.97. The fourth-order valence-corrected chi connectivity index (χ4v) is 3.65. The van der Waals surface area contributed by atoms with Gasteiger partial charge in [0.2, 0.25) is 0 Å². The molecular formula is C19H33N3O3. The Balaban J connectivity index is 2.04. The largest absolute Gasteiger partial charge is 0.396 e. The smallest absolute Gasteiger partial charge is 0.130 e. The molecule has 6 nitrogen and oxygen atoms in total. The molecule has 142 valence electrons. The van der Waals surface area contributed by atoms with Crippen molar-refractivity contribution in [2.24, 2.45) is 17.8 Å². The van der Waals surface area contributed by atoms with E-state index in [4.69, 9.17) is 4.74 Å². The average Bonchev–Trinajstić information content (AvgIpc) is 2.87. The van der Waals surface area contributed by atoms with Gasteiger partial charge in [0.1, 0.15) is 5.82 Å². The van der Waals surface area contributed by atoms with Gasteiger partial charge in [-0.25, -0.2) is 9.97 Å². The second kappa shape index (κ2) is 10.2. The van der Waals surface area contributed by atoms with E-state index in [0.29, 0.717) is 25.4 Å². The number of nitrogens with zero attached hydrogens (tertiary/aromatic N) is 2. The van der Waals surface area contributed by atoms with Crippen molar-refractivity contribution >= 4 is 0 Å². The first-order valence-electron chi connectivity index (χ1n) is 9.37. The zero-order valence-corrected chi connectivity index (χ0v) is 15.7. The number of hydrogen-bond donors (Lipinski definition) is 3. The molecule has 1 aliphatic carbocycles. The Kier molecular flexibility index (Phi) is 8.22. The van der Waals surface area contributed by atoms with Gasteiger partial charge < -0.3 is 20.3 Å². The van der Waals surface area contributed by atoms with Gasteiger partial charge in [-0.15, -0.1) is 0 Å². The Morgan fingerprint density at radius 2 is 2.16 bits per heavy atom. The summed E-state index contributed by atoms with van der Waals surface area (Å²) in [4.78, 5) is 8.92. The summed E-state index contributed by atoms with van der Waals surface area (Å²) in [7, 11) is 1.67. The van der Waals surface area contributed by atoms with Gasteiger partial charge in [0.15, 0.2) is 0 Å². The quantitative estimate of drug-likeness (QED) is 0.587. The van der Waals surface area contributed by atoms with E-state index in [1.165, 1.54) is 0 Å². The maximum Gasteiger partial charge on any atom is 0.130 e. The molecule has 2 rings (SSSR count). The van der Waals surface area contributed by atoms with Crippen LogP contribution in [0.1, 0.15) is 38.2 Å². The lowest BCUT2D eigenvalue weighted by molar-refractivity contribution is 0.0716. The van der Waals surface area contributed by atoms with Crippen LogP contribution in [-0.4, -0.2) is 59.2 Å². The van der Waals surface area contributed by atoms with E-state index < -0.39 is 6.10 Å². The van der Waals surface area contributed by atoms with Gasteiger partial charge >= 0.3 is 0 Å². The van der Waals surface area contributed by atoms with Crippen molar-refractivity contribution in [1.82, 2.24) is 15.3 Å². The second-order valence-electron chi connectivity index (χ2n) is 7.47. The number of ether oxygens (including phenoxy) is 1. The van der Waals surface area contributed by atoms with Crippen LogP contribution in [0, 0.1) is 17.8 Å². The van der Waals surface area contributed by atoms with E-state index in [1.54, 1.807) is 13.3 Å². The van der Waals surface area contributed by atoms with Crippen LogP contribution in [0.4, 0.5) is 0 Å². The highest BCUT2D eigenvalue weighted by Gasteiger charge is 2.41. The molecule has 0 radical (unpaired) electrons. The molecule has 1 heterocycles. The topological polar surface area (TPSA) is 87.5 Å². The van der Waals surface area contributed by atoms with Crippen LogP contribution in [0.15, 0.2) is 12.3 Å².